The Labute approximate surface area is 220 Å². The number of carbonyl (C=O) groups excluding carboxylic acids is 2. The first kappa shape index (κ1) is 27.8. The third-order valence-electron chi connectivity index (χ3n) is 5.90. The van der Waals surface area contributed by atoms with E-state index in [-0.39, 0.29) is 24.2 Å². The highest BCUT2D eigenvalue weighted by Gasteiger charge is 2.31. The van der Waals surface area contributed by atoms with Gasteiger partial charge in [-0.15, -0.1) is 0 Å². The number of fused-ring (bicyclic) bond motifs is 1. The Morgan fingerprint density at radius 2 is 1.78 bits per heavy atom. The Morgan fingerprint density at radius 3 is 2.42 bits per heavy atom. The van der Waals surface area contributed by atoms with Crippen molar-refractivity contribution in [2.24, 2.45) is 0 Å². The Bertz CT molecular complexity index is 1210. The summed E-state index contributed by atoms with van der Waals surface area (Å²) < 4.78 is 38.4. The Balaban J connectivity index is 1.91. The van der Waals surface area contributed by atoms with Crippen molar-refractivity contribution in [1.29, 1.82) is 0 Å². The molecule has 0 aromatic heterocycles. The molecule has 0 unspecified atom stereocenters. The third-order valence-corrected chi connectivity index (χ3v) is 7.54. The fourth-order valence-electron chi connectivity index (χ4n) is 3.68. The first-order valence-corrected chi connectivity index (χ1v) is 14.4. The summed E-state index contributed by atoms with van der Waals surface area (Å²) in [6, 6.07) is 11.2. The number of nitrogens with one attached hydrogen (secondary N) is 1. The Kier molecular flexibility index (Phi) is 9.24. The summed E-state index contributed by atoms with van der Waals surface area (Å²) in [5, 5.41) is 2.91. The Hall–Kier alpha value is -2.79. The maximum Gasteiger partial charge on any atom is 0.244 e. The number of anilines is 1. The molecular weight excluding hydrogens is 550 g/mol. The average molecular weight is 583 g/mol. The van der Waals surface area contributed by atoms with Crippen LogP contribution in [0.3, 0.4) is 0 Å². The molecule has 2 amide bonds. The van der Waals surface area contributed by atoms with Crippen LogP contribution in [0.2, 0.25) is 0 Å². The van der Waals surface area contributed by atoms with Crippen LogP contribution in [0.1, 0.15) is 32.8 Å². The molecule has 2 aromatic carbocycles. The fourth-order valence-corrected chi connectivity index (χ4v) is 4.97. The summed E-state index contributed by atoms with van der Waals surface area (Å²) in [6.07, 6.45) is 1.78. The van der Waals surface area contributed by atoms with Gasteiger partial charge in [-0.25, -0.2) is 8.42 Å². The van der Waals surface area contributed by atoms with Gasteiger partial charge in [0.1, 0.15) is 25.8 Å². The number of hydrogen-bond donors (Lipinski definition) is 1. The van der Waals surface area contributed by atoms with Gasteiger partial charge in [0.25, 0.3) is 0 Å². The lowest BCUT2D eigenvalue weighted by Gasteiger charge is -2.32. The van der Waals surface area contributed by atoms with Crippen LogP contribution < -0.4 is 19.1 Å². The molecule has 3 rings (SSSR count). The summed E-state index contributed by atoms with van der Waals surface area (Å²) in [4.78, 5) is 28.0. The topological polar surface area (TPSA) is 105 Å². The molecule has 0 saturated heterocycles. The van der Waals surface area contributed by atoms with Crippen molar-refractivity contribution in [3.8, 4) is 11.5 Å². The molecule has 0 saturated carbocycles. The number of amides is 2. The molecule has 0 radical (unpaired) electrons. The van der Waals surface area contributed by atoms with Crippen LogP contribution in [-0.2, 0) is 26.2 Å². The van der Waals surface area contributed by atoms with Crippen LogP contribution in [0.15, 0.2) is 46.9 Å². The van der Waals surface area contributed by atoms with E-state index in [9.17, 15) is 18.0 Å². The lowest BCUT2D eigenvalue weighted by Crippen LogP contribution is -2.52. The maximum absolute atomic E-state index is 13.6. The van der Waals surface area contributed by atoms with Crippen molar-refractivity contribution in [3.05, 3.63) is 52.5 Å². The largest absolute Gasteiger partial charge is 0.486 e. The molecule has 0 spiro atoms. The van der Waals surface area contributed by atoms with Gasteiger partial charge in [0.2, 0.25) is 21.8 Å². The normalized spacial score (nSPS) is 14.5. The molecule has 2 aromatic rings. The van der Waals surface area contributed by atoms with Crippen molar-refractivity contribution in [1.82, 2.24) is 10.2 Å². The van der Waals surface area contributed by atoms with E-state index >= 15 is 0 Å². The number of halogens is 1. The van der Waals surface area contributed by atoms with Crippen LogP contribution in [0.4, 0.5) is 5.69 Å². The van der Waals surface area contributed by atoms with Gasteiger partial charge in [-0.1, -0.05) is 35.0 Å². The van der Waals surface area contributed by atoms with Gasteiger partial charge in [-0.05, 0) is 50.1 Å². The molecule has 9 nitrogen and oxygen atoms in total. The number of benzene rings is 2. The van der Waals surface area contributed by atoms with E-state index in [1.54, 1.807) is 25.1 Å². The molecule has 1 aliphatic rings. The zero-order valence-electron chi connectivity index (χ0n) is 20.9. The van der Waals surface area contributed by atoms with Crippen LogP contribution in [0.5, 0.6) is 11.5 Å². The van der Waals surface area contributed by atoms with E-state index in [0.29, 0.717) is 24.7 Å². The van der Waals surface area contributed by atoms with Crippen LogP contribution >= 0.6 is 15.9 Å². The van der Waals surface area contributed by atoms with Gasteiger partial charge in [-0.3, -0.25) is 13.9 Å². The van der Waals surface area contributed by atoms with Gasteiger partial charge >= 0.3 is 0 Å². The minimum atomic E-state index is -3.84. The first-order valence-electron chi connectivity index (χ1n) is 11.7. The molecule has 0 fully saturated rings. The smallest absolute Gasteiger partial charge is 0.244 e. The second kappa shape index (κ2) is 12.0. The molecule has 1 aliphatic heterocycles. The lowest BCUT2D eigenvalue weighted by molar-refractivity contribution is -0.139. The van der Waals surface area contributed by atoms with Gasteiger partial charge in [0.05, 0.1) is 11.9 Å². The molecule has 0 bridgehead atoms. The third kappa shape index (κ3) is 7.13. The number of rotatable bonds is 10. The highest BCUT2D eigenvalue weighted by molar-refractivity contribution is 9.10. The van der Waals surface area contributed by atoms with Crippen molar-refractivity contribution in [3.63, 3.8) is 0 Å². The first-order chi connectivity index (χ1) is 17.0. The summed E-state index contributed by atoms with van der Waals surface area (Å²) in [5.41, 5.74) is 1.07. The van der Waals surface area contributed by atoms with Crippen molar-refractivity contribution in [2.75, 3.05) is 30.3 Å². The number of hydrogen-bond acceptors (Lipinski definition) is 6. The summed E-state index contributed by atoms with van der Waals surface area (Å²) in [7, 11) is -3.84. The van der Waals surface area contributed by atoms with E-state index in [1.165, 1.54) is 4.90 Å². The van der Waals surface area contributed by atoms with Crippen molar-refractivity contribution >= 4 is 43.5 Å². The monoisotopic (exact) mass is 581 g/mol. The van der Waals surface area contributed by atoms with E-state index in [2.05, 4.69) is 21.2 Å². The summed E-state index contributed by atoms with van der Waals surface area (Å²) >= 11 is 3.43. The van der Waals surface area contributed by atoms with Crippen LogP contribution in [0.25, 0.3) is 0 Å². The zero-order chi connectivity index (χ0) is 26.5. The molecule has 0 aliphatic carbocycles. The minimum absolute atomic E-state index is 0.0620. The quantitative estimate of drug-likeness (QED) is 0.461. The molecule has 1 N–H and O–H groups in total. The van der Waals surface area contributed by atoms with E-state index in [4.69, 9.17) is 9.47 Å². The highest BCUT2D eigenvalue weighted by Crippen LogP contribution is 2.34. The highest BCUT2D eigenvalue weighted by atomic mass is 79.9. The predicted molar refractivity (Wildman–Crippen MR) is 142 cm³/mol. The number of nitrogens with zero attached hydrogens (tertiary/aromatic N) is 2. The van der Waals surface area contributed by atoms with E-state index in [0.717, 1.165) is 27.0 Å². The van der Waals surface area contributed by atoms with Crippen molar-refractivity contribution < 1.29 is 27.5 Å². The van der Waals surface area contributed by atoms with E-state index < -0.39 is 28.5 Å². The standard InChI is InChI=1S/C25H32BrN3O6S/c1-5-17(2)27-25(31)18(3)28(15-19-7-6-8-20(26)13-19)24(30)16-29(36(4,32)33)21-9-10-22-23(14-21)35-12-11-34-22/h6-10,13-14,17-18H,5,11-12,15-16H2,1-4H3,(H,27,31)/t17-,18-/m0/s1. The fraction of sp³-hybridized carbons (Fsp3) is 0.440. The lowest BCUT2D eigenvalue weighted by atomic mass is 10.1. The predicted octanol–water partition coefficient (Wildman–Crippen LogP) is 3.32. The molecule has 196 valence electrons. The minimum Gasteiger partial charge on any atom is -0.486 e. The number of carbonyl (C=O) groups is 2. The maximum atomic E-state index is 13.6. The molecule has 2 atom stereocenters. The van der Waals surface area contributed by atoms with Crippen LogP contribution in [-0.4, -0.2) is 63.2 Å². The van der Waals surface area contributed by atoms with Gasteiger partial charge < -0.3 is 19.7 Å². The Morgan fingerprint density at radius 1 is 1.08 bits per heavy atom. The number of sulfonamides is 1. The second-order valence-corrected chi connectivity index (χ2v) is 11.6. The molecular formula is C25H32BrN3O6S. The van der Waals surface area contributed by atoms with Gasteiger partial charge in [0, 0.05) is 23.1 Å². The molecule has 11 heteroatoms. The van der Waals surface area contributed by atoms with Gasteiger partial charge in [0.15, 0.2) is 11.5 Å². The van der Waals surface area contributed by atoms with Crippen molar-refractivity contribution in [2.45, 2.75) is 45.8 Å². The zero-order valence-corrected chi connectivity index (χ0v) is 23.3. The SMILES string of the molecule is CC[C@H](C)NC(=O)[C@H](C)N(Cc1cccc(Br)c1)C(=O)CN(c1ccc2c(c1)OCCO2)S(C)(=O)=O. The summed E-state index contributed by atoms with van der Waals surface area (Å²) in [6.45, 7) is 5.89. The molecule has 36 heavy (non-hydrogen) atoms. The average Bonchev–Trinajstić information content (AvgIpc) is 2.84. The van der Waals surface area contributed by atoms with Gasteiger partial charge in [-0.2, -0.15) is 0 Å². The summed E-state index contributed by atoms with van der Waals surface area (Å²) in [5.74, 6) is 0.101. The molecule has 1 heterocycles. The van der Waals surface area contributed by atoms with Crippen LogP contribution in [0, 0.1) is 0 Å². The second-order valence-electron chi connectivity index (χ2n) is 8.74. The van der Waals surface area contributed by atoms with E-state index in [1.807, 2.05) is 38.1 Å². The number of ether oxygens (including phenoxy) is 2.